The van der Waals surface area contributed by atoms with E-state index in [1.165, 1.54) is 6.92 Å². The second-order valence-corrected chi connectivity index (χ2v) is 15.4. The number of hydrogen-bond donors (Lipinski definition) is 12. The second kappa shape index (κ2) is 30.2. The van der Waals surface area contributed by atoms with Crippen LogP contribution in [0.15, 0.2) is 0 Å². The van der Waals surface area contributed by atoms with Gasteiger partial charge in [0.2, 0.25) is 65.0 Å². The lowest BCUT2D eigenvalue weighted by Gasteiger charge is -2.23. The van der Waals surface area contributed by atoms with Gasteiger partial charge in [0.05, 0.1) is 39.3 Å². The highest BCUT2D eigenvalue weighted by Gasteiger charge is 2.28. The molecule has 0 radical (unpaired) electrons. The highest BCUT2D eigenvalue weighted by Crippen LogP contribution is 2.09. The van der Waals surface area contributed by atoms with Crippen molar-refractivity contribution in [1.82, 2.24) is 53.2 Å². The Labute approximate surface area is 356 Å². The zero-order valence-corrected chi connectivity index (χ0v) is 36.4. The molecule has 11 amide bonds. The van der Waals surface area contributed by atoms with Crippen LogP contribution in [-0.2, 0) is 52.7 Å². The SMILES string of the molecule is CC[C@H](C)[C@H](NC(=O)CNC(=O)CNC(C)=O)C(=O)NCC(=O)NCC(=O)N[C@@H](CC(C)C)C(=O)NCC(=O)N[C@@H](CC(C)C)C(=O)NCC(=O)N[C@@H](CCCCN)C(N)=O. The Morgan fingerprint density at radius 3 is 1.25 bits per heavy atom. The van der Waals surface area contributed by atoms with Gasteiger partial charge in [-0.15, -0.1) is 0 Å². The van der Waals surface area contributed by atoms with Crippen molar-refractivity contribution in [2.45, 2.75) is 111 Å². The Hall–Kier alpha value is -5.87. The molecule has 0 unspecified atom stereocenters. The molecule has 23 nitrogen and oxygen atoms in total. The van der Waals surface area contributed by atoms with Crippen molar-refractivity contribution in [3.8, 4) is 0 Å². The Kier molecular flexibility index (Phi) is 27.3. The van der Waals surface area contributed by atoms with E-state index >= 15 is 0 Å². The number of primary amides is 1. The molecule has 0 spiro atoms. The van der Waals surface area contributed by atoms with Crippen molar-refractivity contribution in [2.24, 2.45) is 29.2 Å². The van der Waals surface area contributed by atoms with E-state index in [9.17, 15) is 52.7 Å². The maximum absolute atomic E-state index is 13.1. The highest BCUT2D eigenvalue weighted by molar-refractivity contribution is 5.96. The van der Waals surface area contributed by atoms with Crippen LogP contribution in [0.5, 0.6) is 0 Å². The van der Waals surface area contributed by atoms with Crippen LogP contribution in [0.1, 0.15) is 87.0 Å². The first-order valence-electron chi connectivity index (χ1n) is 20.4. The van der Waals surface area contributed by atoms with Crippen molar-refractivity contribution in [2.75, 3.05) is 45.8 Å². The molecule has 0 rings (SSSR count). The molecule has 14 N–H and O–H groups in total. The summed E-state index contributed by atoms with van der Waals surface area (Å²) in [6, 6.07) is -4.18. The standard InChI is InChI=1S/C38H68N12O11/c1-8-23(6)34(50-33(57)18-43-28(52)15-41-24(7)51)38(61)46-16-29(53)42-17-30(54)48-26(13-21(2)3)36(59)45-20-32(56)49-27(14-22(4)5)37(60)44-19-31(55)47-25(35(40)58)11-9-10-12-39/h21-23,25-27,34H,8-20,39H2,1-7H3,(H2,40,58)(H,41,51)(H,42,53)(H,43,52)(H,44,60)(H,45,59)(H,46,61)(H,47,55)(H,48,54)(H,49,56)(H,50,57)/t23-,25-,26-,27-,34-/m0/s1. The number of hydrogen-bond acceptors (Lipinski definition) is 12. The van der Waals surface area contributed by atoms with Gasteiger partial charge >= 0.3 is 0 Å². The lowest BCUT2D eigenvalue weighted by Crippen LogP contribution is -2.55. The third-order valence-corrected chi connectivity index (χ3v) is 8.81. The fraction of sp³-hybridized carbons (Fsp3) is 0.711. The summed E-state index contributed by atoms with van der Waals surface area (Å²) in [5.41, 5.74) is 10.8. The summed E-state index contributed by atoms with van der Waals surface area (Å²) in [5, 5.41) is 24.3. The van der Waals surface area contributed by atoms with Gasteiger partial charge in [-0.1, -0.05) is 48.0 Å². The lowest BCUT2D eigenvalue weighted by atomic mass is 9.98. The monoisotopic (exact) mass is 869 g/mol. The van der Waals surface area contributed by atoms with Crippen LogP contribution < -0.4 is 64.6 Å². The Morgan fingerprint density at radius 2 is 0.852 bits per heavy atom. The Balaban J connectivity index is 5.15. The molecule has 5 atom stereocenters. The summed E-state index contributed by atoms with van der Waals surface area (Å²) in [5.74, 6) is -7.91. The van der Waals surface area contributed by atoms with Gasteiger partial charge in [0.15, 0.2) is 0 Å². The minimum Gasteiger partial charge on any atom is -0.368 e. The summed E-state index contributed by atoms with van der Waals surface area (Å²) >= 11 is 0. The zero-order chi connectivity index (χ0) is 46.7. The van der Waals surface area contributed by atoms with E-state index in [4.69, 9.17) is 11.5 Å². The average molecular weight is 869 g/mol. The molecular formula is C38H68N12O11. The zero-order valence-electron chi connectivity index (χ0n) is 36.4. The van der Waals surface area contributed by atoms with Crippen LogP contribution >= 0.6 is 0 Å². The number of rotatable bonds is 30. The van der Waals surface area contributed by atoms with Crippen LogP contribution in [0.25, 0.3) is 0 Å². The molecule has 61 heavy (non-hydrogen) atoms. The van der Waals surface area contributed by atoms with Gasteiger partial charge < -0.3 is 64.6 Å². The second-order valence-electron chi connectivity index (χ2n) is 15.4. The molecule has 0 aromatic carbocycles. The van der Waals surface area contributed by atoms with E-state index in [-0.39, 0.29) is 43.6 Å². The molecule has 23 heteroatoms. The summed E-state index contributed by atoms with van der Waals surface area (Å²) in [4.78, 5) is 136. The van der Waals surface area contributed by atoms with E-state index < -0.39 is 122 Å². The first-order chi connectivity index (χ1) is 28.6. The van der Waals surface area contributed by atoms with Gasteiger partial charge in [-0.05, 0) is 56.4 Å². The summed E-state index contributed by atoms with van der Waals surface area (Å²) in [7, 11) is 0. The lowest BCUT2D eigenvalue weighted by molar-refractivity contribution is -0.133. The summed E-state index contributed by atoms with van der Waals surface area (Å²) in [6.07, 6.45) is 2.30. The molecule has 0 saturated carbocycles. The third kappa shape index (κ3) is 26.1. The van der Waals surface area contributed by atoms with E-state index in [0.717, 1.165) is 0 Å². The first kappa shape index (κ1) is 55.1. The smallest absolute Gasteiger partial charge is 0.243 e. The molecular weight excluding hydrogens is 800 g/mol. The number of nitrogens with two attached hydrogens (primary N) is 2. The van der Waals surface area contributed by atoms with Crippen LogP contribution in [0.3, 0.4) is 0 Å². The maximum atomic E-state index is 13.1. The molecule has 0 saturated heterocycles. The van der Waals surface area contributed by atoms with Gasteiger partial charge in [-0.25, -0.2) is 0 Å². The van der Waals surface area contributed by atoms with Gasteiger partial charge in [0.25, 0.3) is 0 Å². The molecule has 0 aliphatic rings. The molecule has 346 valence electrons. The first-order valence-corrected chi connectivity index (χ1v) is 20.4. The van der Waals surface area contributed by atoms with Gasteiger partial charge in [0.1, 0.15) is 24.2 Å². The van der Waals surface area contributed by atoms with Gasteiger partial charge in [0, 0.05) is 6.92 Å². The molecule has 0 fully saturated rings. The van der Waals surface area contributed by atoms with Crippen LogP contribution in [0.2, 0.25) is 0 Å². The van der Waals surface area contributed by atoms with E-state index in [0.29, 0.717) is 25.8 Å². The van der Waals surface area contributed by atoms with Crippen molar-refractivity contribution in [1.29, 1.82) is 0 Å². The minimum absolute atomic E-state index is 0.0610. The largest absolute Gasteiger partial charge is 0.368 e. The van der Waals surface area contributed by atoms with E-state index in [2.05, 4.69) is 53.2 Å². The highest BCUT2D eigenvalue weighted by atomic mass is 16.2. The summed E-state index contributed by atoms with van der Waals surface area (Å²) < 4.78 is 0. The molecule has 0 bridgehead atoms. The number of unbranched alkanes of at least 4 members (excludes halogenated alkanes) is 1. The molecule has 0 aromatic heterocycles. The van der Waals surface area contributed by atoms with Crippen LogP contribution in [0.4, 0.5) is 0 Å². The fourth-order valence-electron chi connectivity index (χ4n) is 5.39. The topological polar surface area (TPSA) is 360 Å². The number of carbonyl (C=O) groups is 11. The van der Waals surface area contributed by atoms with E-state index in [1.54, 1.807) is 27.7 Å². The van der Waals surface area contributed by atoms with Crippen LogP contribution in [-0.4, -0.2) is 135 Å². The Morgan fingerprint density at radius 1 is 0.475 bits per heavy atom. The molecule has 0 aliphatic carbocycles. The van der Waals surface area contributed by atoms with Crippen molar-refractivity contribution >= 4 is 65.0 Å². The van der Waals surface area contributed by atoms with Gasteiger partial charge in [-0.2, -0.15) is 0 Å². The minimum atomic E-state index is -1.11. The normalized spacial score (nSPS) is 13.2. The quantitative estimate of drug-likeness (QED) is 0.0304. The predicted octanol–water partition coefficient (Wildman–Crippen LogP) is -4.60. The van der Waals surface area contributed by atoms with Gasteiger partial charge in [-0.3, -0.25) is 52.7 Å². The maximum Gasteiger partial charge on any atom is 0.243 e. The number of amides is 11. The average Bonchev–Trinajstić information content (AvgIpc) is 3.18. The molecule has 0 aliphatic heterocycles. The third-order valence-electron chi connectivity index (χ3n) is 8.81. The summed E-state index contributed by atoms with van der Waals surface area (Å²) in [6.45, 7) is 9.40. The molecule has 0 aromatic rings. The van der Waals surface area contributed by atoms with Crippen LogP contribution in [0, 0.1) is 17.8 Å². The van der Waals surface area contributed by atoms with E-state index in [1.807, 2.05) is 13.8 Å². The van der Waals surface area contributed by atoms with Crippen molar-refractivity contribution in [3.63, 3.8) is 0 Å². The predicted molar refractivity (Wildman–Crippen MR) is 222 cm³/mol. The van der Waals surface area contributed by atoms with Crippen molar-refractivity contribution in [3.05, 3.63) is 0 Å². The Bertz CT molecular complexity index is 1530. The number of carbonyl (C=O) groups excluding carboxylic acids is 11. The number of nitrogens with one attached hydrogen (secondary N) is 10. The fourth-order valence-corrected chi connectivity index (χ4v) is 5.39. The molecule has 0 heterocycles. The van der Waals surface area contributed by atoms with Crippen molar-refractivity contribution < 1.29 is 52.7 Å².